The van der Waals surface area contributed by atoms with Crippen molar-refractivity contribution in [2.45, 2.75) is 6.10 Å². The number of hydrogen-bond donors (Lipinski definition) is 2. The van der Waals surface area contributed by atoms with Crippen LogP contribution in [0.5, 0.6) is 0 Å². The summed E-state index contributed by atoms with van der Waals surface area (Å²) in [6.07, 6.45) is -1.23. The van der Waals surface area contributed by atoms with Crippen LogP contribution in [0.3, 0.4) is 0 Å². The summed E-state index contributed by atoms with van der Waals surface area (Å²) in [5.74, 6) is -1.11. The first-order chi connectivity index (χ1) is 12.6. The molecule has 0 fully saturated rings. The summed E-state index contributed by atoms with van der Waals surface area (Å²) >= 11 is 0. The van der Waals surface area contributed by atoms with Gasteiger partial charge in [0.25, 0.3) is 0 Å². The lowest BCUT2D eigenvalue weighted by molar-refractivity contribution is 0.0698. The number of carboxylic acids is 1. The third-order valence-corrected chi connectivity index (χ3v) is 4.40. The molecule has 0 saturated carbocycles. The van der Waals surface area contributed by atoms with Gasteiger partial charge in [-0.1, -0.05) is 60.7 Å². The normalized spacial score (nSPS) is 12.2. The van der Waals surface area contributed by atoms with E-state index in [1.165, 1.54) is 12.1 Å². The van der Waals surface area contributed by atoms with E-state index in [1.54, 1.807) is 12.1 Å². The summed E-state index contributed by atoms with van der Waals surface area (Å²) in [7, 11) is 0. The number of benzene rings is 3. The molecule has 26 heavy (non-hydrogen) atoms. The van der Waals surface area contributed by atoms with E-state index in [2.05, 4.69) is 5.32 Å². The van der Waals surface area contributed by atoms with Crippen molar-refractivity contribution in [3.8, 4) is 11.1 Å². The van der Waals surface area contributed by atoms with Gasteiger partial charge in [-0.15, -0.1) is 0 Å². The van der Waals surface area contributed by atoms with Crippen LogP contribution < -0.4 is 5.32 Å². The second-order valence-corrected chi connectivity index (χ2v) is 5.94. The molecule has 3 aromatic rings. The molecule has 1 aliphatic rings. The Morgan fingerprint density at radius 3 is 1.96 bits per heavy atom. The van der Waals surface area contributed by atoms with Gasteiger partial charge in [-0.3, -0.25) is 5.32 Å². The van der Waals surface area contributed by atoms with E-state index in [4.69, 9.17) is 4.74 Å². The Morgan fingerprint density at radius 2 is 1.35 bits per heavy atom. The van der Waals surface area contributed by atoms with Crippen molar-refractivity contribution in [3.05, 3.63) is 89.5 Å². The van der Waals surface area contributed by atoms with Crippen molar-refractivity contribution in [3.63, 3.8) is 0 Å². The molecule has 2 N–H and O–H groups in total. The molecule has 0 unspecified atom stereocenters. The molecule has 0 radical (unpaired) electrons. The van der Waals surface area contributed by atoms with Crippen LogP contribution >= 0.6 is 0 Å². The minimum absolute atomic E-state index is 0.0108. The lowest BCUT2D eigenvalue weighted by Gasteiger charge is -2.16. The Morgan fingerprint density at radius 1 is 0.808 bits per heavy atom. The molecule has 0 spiro atoms. The lowest BCUT2D eigenvalue weighted by atomic mass is 10.1. The van der Waals surface area contributed by atoms with Crippen LogP contribution in [0.4, 0.5) is 10.5 Å². The minimum Gasteiger partial charge on any atom is -0.478 e. The van der Waals surface area contributed by atoms with E-state index < -0.39 is 18.2 Å². The quantitative estimate of drug-likeness (QED) is 0.721. The Kier molecular flexibility index (Phi) is 3.89. The third kappa shape index (κ3) is 2.69. The maximum atomic E-state index is 12.4. The standard InChI is InChI=1S/C21H15NO4/c23-20(24)17-11-5-6-12-18(17)22-21(25)26-19-15-9-3-1-7-13(15)14-8-2-4-10-16(14)19/h1-12,19H,(H,22,25)(H,23,24). The number of carbonyl (C=O) groups excluding carboxylic acids is 1. The topological polar surface area (TPSA) is 75.6 Å². The van der Waals surface area contributed by atoms with Gasteiger partial charge < -0.3 is 9.84 Å². The molecule has 5 nitrogen and oxygen atoms in total. The third-order valence-electron chi connectivity index (χ3n) is 4.40. The molecule has 0 aromatic heterocycles. The number of anilines is 1. The van der Waals surface area contributed by atoms with E-state index in [-0.39, 0.29) is 11.3 Å². The van der Waals surface area contributed by atoms with E-state index in [9.17, 15) is 14.7 Å². The smallest absolute Gasteiger partial charge is 0.412 e. The molecule has 0 heterocycles. The molecular formula is C21H15NO4. The maximum Gasteiger partial charge on any atom is 0.412 e. The molecule has 4 rings (SSSR count). The van der Waals surface area contributed by atoms with Gasteiger partial charge in [-0.2, -0.15) is 0 Å². The van der Waals surface area contributed by atoms with E-state index >= 15 is 0 Å². The Hall–Kier alpha value is -3.60. The summed E-state index contributed by atoms with van der Waals surface area (Å²) in [4.78, 5) is 23.7. The van der Waals surface area contributed by atoms with Gasteiger partial charge in [0.2, 0.25) is 0 Å². The highest BCUT2D eigenvalue weighted by Crippen LogP contribution is 2.45. The largest absolute Gasteiger partial charge is 0.478 e. The van der Waals surface area contributed by atoms with Crippen LogP contribution in [0.2, 0.25) is 0 Å². The van der Waals surface area contributed by atoms with Crippen molar-refractivity contribution in [1.29, 1.82) is 0 Å². The number of hydrogen-bond acceptors (Lipinski definition) is 3. The summed E-state index contributed by atoms with van der Waals surface area (Å²) in [5.41, 5.74) is 4.10. The second-order valence-electron chi connectivity index (χ2n) is 5.94. The molecule has 0 atom stereocenters. The van der Waals surface area contributed by atoms with Crippen molar-refractivity contribution >= 4 is 17.7 Å². The van der Waals surface area contributed by atoms with Crippen LogP contribution in [0.15, 0.2) is 72.8 Å². The lowest BCUT2D eigenvalue weighted by Crippen LogP contribution is -2.18. The number of para-hydroxylation sites is 1. The van der Waals surface area contributed by atoms with E-state index in [1.807, 2.05) is 48.5 Å². The molecule has 5 heteroatoms. The van der Waals surface area contributed by atoms with Crippen LogP contribution in [-0.2, 0) is 4.74 Å². The van der Waals surface area contributed by atoms with Gasteiger partial charge in [-0.05, 0) is 23.3 Å². The number of carbonyl (C=O) groups is 2. The highest BCUT2D eigenvalue weighted by atomic mass is 16.6. The summed E-state index contributed by atoms with van der Waals surface area (Å²) in [6, 6.07) is 21.8. The first-order valence-electron chi connectivity index (χ1n) is 8.13. The molecule has 0 saturated heterocycles. The zero-order valence-electron chi connectivity index (χ0n) is 13.7. The molecular weight excluding hydrogens is 330 g/mol. The monoisotopic (exact) mass is 345 g/mol. The highest BCUT2D eigenvalue weighted by molar-refractivity contribution is 5.98. The first-order valence-corrected chi connectivity index (χ1v) is 8.13. The van der Waals surface area contributed by atoms with Crippen LogP contribution in [0, 0.1) is 0 Å². The van der Waals surface area contributed by atoms with Gasteiger partial charge >= 0.3 is 12.1 Å². The fourth-order valence-electron chi connectivity index (χ4n) is 3.26. The summed E-state index contributed by atoms with van der Waals surface area (Å²) in [6.45, 7) is 0. The number of ether oxygens (including phenoxy) is 1. The predicted molar refractivity (Wildman–Crippen MR) is 97.2 cm³/mol. The predicted octanol–water partition coefficient (Wildman–Crippen LogP) is 4.70. The Balaban J connectivity index is 1.62. The van der Waals surface area contributed by atoms with Crippen molar-refractivity contribution in [1.82, 2.24) is 0 Å². The van der Waals surface area contributed by atoms with E-state index in [0.29, 0.717) is 0 Å². The van der Waals surface area contributed by atoms with E-state index in [0.717, 1.165) is 22.3 Å². The zero-order chi connectivity index (χ0) is 18.1. The SMILES string of the molecule is O=C(Nc1ccccc1C(=O)O)OC1c2ccccc2-c2ccccc21. The average molecular weight is 345 g/mol. The zero-order valence-corrected chi connectivity index (χ0v) is 13.7. The average Bonchev–Trinajstić information content (AvgIpc) is 2.96. The number of carboxylic acid groups (broad SMARTS) is 1. The van der Waals surface area contributed by atoms with Crippen LogP contribution in [0.25, 0.3) is 11.1 Å². The van der Waals surface area contributed by atoms with Gasteiger partial charge in [0.1, 0.15) is 0 Å². The highest BCUT2D eigenvalue weighted by Gasteiger charge is 2.31. The molecule has 0 bridgehead atoms. The number of fused-ring (bicyclic) bond motifs is 3. The molecule has 0 aliphatic heterocycles. The van der Waals surface area contributed by atoms with Gasteiger partial charge in [0, 0.05) is 11.1 Å². The number of nitrogens with one attached hydrogen (secondary N) is 1. The Labute approximate surface area is 149 Å². The van der Waals surface area contributed by atoms with Crippen molar-refractivity contribution in [2.75, 3.05) is 5.32 Å². The fraction of sp³-hybridized carbons (Fsp3) is 0.0476. The van der Waals surface area contributed by atoms with Crippen molar-refractivity contribution < 1.29 is 19.4 Å². The molecule has 1 amide bonds. The van der Waals surface area contributed by atoms with Gasteiger partial charge in [0.05, 0.1) is 11.3 Å². The fourth-order valence-corrected chi connectivity index (χ4v) is 3.26. The second kappa shape index (κ2) is 6.37. The van der Waals surface area contributed by atoms with Crippen molar-refractivity contribution in [2.24, 2.45) is 0 Å². The molecule has 3 aromatic carbocycles. The maximum absolute atomic E-state index is 12.4. The molecule has 1 aliphatic carbocycles. The minimum atomic E-state index is -1.11. The summed E-state index contributed by atoms with van der Waals surface area (Å²) < 4.78 is 5.66. The van der Waals surface area contributed by atoms with Gasteiger partial charge in [0.15, 0.2) is 6.10 Å². The van der Waals surface area contributed by atoms with Crippen LogP contribution in [-0.4, -0.2) is 17.2 Å². The number of amides is 1. The van der Waals surface area contributed by atoms with Crippen LogP contribution in [0.1, 0.15) is 27.6 Å². The number of rotatable bonds is 3. The number of aromatic carboxylic acids is 1. The Bertz CT molecular complexity index is 967. The molecule has 128 valence electrons. The van der Waals surface area contributed by atoms with Gasteiger partial charge in [-0.25, -0.2) is 9.59 Å². The first kappa shape index (κ1) is 15.9. The summed E-state index contributed by atoms with van der Waals surface area (Å²) in [5, 5.41) is 11.8.